The third-order valence-corrected chi connectivity index (χ3v) is 26.7. The Bertz CT molecular complexity index is 4900. The molecule has 126 heavy (non-hydrogen) atoms. The lowest BCUT2D eigenvalue weighted by atomic mass is 9.92. The number of benzene rings is 3. The summed E-state index contributed by atoms with van der Waals surface area (Å²) >= 11 is 0. The van der Waals surface area contributed by atoms with Gasteiger partial charge in [0.2, 0.25) is 16.8 Å². The number of nitrogens with one attached hydrogen (secondary N) is 3. The monoisotopic (exact) mass is 1800 g/mol. The molecule has 43 heteroatoms. The van der Waals surface area contributed by atoms with Crippen LogP contribution in [0.4, 0.5) is 17.2 Å². The maximum Gasteiger partial charge on any atom is 0.459 e. The van der Waals surface area contributed by atoms with E-state index in [2.05, 4.69) is 35.5 Å². The number of hydrogen-bond donors (Lipinski definition) is 12. The van der Waals surface area contributed by atoms with Crippen molar-refractivity contribution in [1.29, 1.82) is 15.8 Å². The normalized spacial score (nSPS) is 24.3. The van der Waals surface area contributed by atoms with Gasteiger partial charge in [-0.2, -0.15) is 46.3 Å². The number of carbonyl (C=O) groups is 3. The molecule has 18 atom stereocenters. The van der Waals surface area contributed by atoms with Crippen LogP contribution in [0.1, 0.15) is 118 Å². The summed E-state index contributed by atoms with van der Waals surface area (Å²) < 4.78 is 114. The average molecular weight is 1810 g/mol. The number of aromatic nitrogens is 7. The standard InChI is InChI=1S/2C28H36N5O8P.C27H35N6O8P/c2*1-4-19(5-2)15-38-27(36)18(3)32-42(37,41-20-9-7-6-8-10-20)39-16-23-25(34)26(35)28(17-29,40-23)24-12-11-22-21(30)13-14-31-33(22)24;1-4-18(5-2)13-38-26(36)17(3)32-42(37,41-19-9-7-6-8-10-19)39-14-21-23(34)24(35)27(15-28,40-21)22-12-11-20-25(29)30-16-31-33(20)22/h2*6-14,18-19,23,25-26,34-35H,4-5,15-16,30H2,1-3H3,(H,32,37);6-12,16-18,21,23-24,34-35H,4-5,13-14H2,1-3H3,(H,32,37)(H2,29,30,31)/t18-,23+,25+,26+,28-,42?;18-,23+,25+,26+,28-,42-;17-,21+,23+,24+,27-,42+/m000/s1. The van der Waals surface area contributed by atoms with Crippen molar-refractivity contribution in [3.05, 3.63) is 175 Å². The van der Waals surface area contributed by atoms with Crippen LogP contribution in [0.25, 0.3) is 16.6 Å². The fourth-order valence-electron chi connectivity index (χ4n) is 13.9. The lowest BCUT2D eigenvalue weighted by molar-refractivity contribution is -0.147. The Kier molecular flexibility index (Phi) is 33.5. The molecule has 3 aliphatic rings. The van der Waals surface area contributed by atoms with Crippen LogP contribution in [0, 0.1) is 51.7 Å². The number of anilines is 3. The summed E-state index contributed by atoms with van der Waals surface area (Å²) in [6, 6.07) is 39.5. The third-order valence-electron chi connectivity index (χ3n) is 21.8. The molecule has 3 saturated heterocycles. The molecule has 0 aliphatic carbocycles. The largest absolute Gasteiger partial charge is 0.464 e. The number of nitriles is 3. The van der Waals surface area contributed by atoms with E-state index in [1.807, 2.05) is 59.8 Å². The molecule has 40 nitrogen and oxygen atoms in total. The number of rotatable bonds is 39. The number of fused-ring (bicyclic) bond motifs is 3. The van der Waals surface area contributed by atoms with Gasteiger partial charge in [0, 0.05) is 12.4 Å². The number of esters is 3. The van der Waals surface area contributed by atoms with Gasteiger partial charge in [-0.25, -0.2) is 32.2 Å². The van der Waals surface area contributed by atoms with E-state index in [1.165, 1.54) is 71.2 Å². The molecule has 3 aliphatic heterocycles. The zero-order valence-corrected chi connectivity index (χ0v) is 73.4. The van der Waals surface area contributed by atoms with Gasteiger partial charge in [-0.05, 0) is 123 Å². The van der Waals surface area contributed by atoms with Crippen LogP contribution in [-0.2, 0) is 86.9 Å². The first-order chi connectivity index (χ1) is 60.2. The van der Waals surface area contributed by atoms with Crippen LogP contribution in [-0.4, -0.2) is 195 Å². The van der Waals surface area contributed by atoms with E-state index < -0.39 is 151 Å². The molecule has 3 aromatic carbocycles. The molecular formula is C83H107N16O24P3. The molecule has 6 aromatic heterocycles. The minimum absolute atomic E-state index is 0.0961. The minimum Gasteiger partial charge on any atom is -0.464 e. The quantitative estimate of drug-likeness (QED) is 0.00981. The Morgan fingerprint density at radius 1 is 0.437 bits per heavy atom. The zero-order valence-electron chi connectivity index (χ0n) is 70.7. The summed E-state index contributed by atoms with van der Waals surface area (Å²) in [5, 5.41) is 116. The van der Waals surface area contributed by atoms with Gasteiger partial charge < -0.3 is 89.8 Å². The van der Waals surface area contributed by atoms with Crippen molar-refractivity contribution in [3.63, 3.8) is 0 Å². The van der Waals surface area contributed by atoms with Gasteiger partial charge in [-0.15, -0.1) is 0 Å². The Morgan fingerprint density at radius 2 is 0.714 bits per heavy atom. The highest BCUT2D eigenvalue weighted by Crippen LogP contribution is 2.52. The predicted octanol–water partition coefficient (Wildman–Crippen LogP) is 8.15. The van der Waals surface area contributed by atoms with E-state index in [4.69, 9.17) is 72.8 Å². The second-order valence-corrected chi connectivity index (χ2v) is 35.2. The molecule has 3 fully saturated rings. The predicted molar refractivity (Wildman–Crippen MR) is 454 cm³/mol. The number of aliphatic hydroxyl groups excluding tert-OH is 6. The van der Waals surface area contributed by atoms with E-state index in [9.17, 15) is 74.5 Å². The van der Waals surface area contributed by atoms with Crippen molar-refractivity contribution in [2.24, 2.45) is 17.8 Å². The number of carbonyl (C=O) groups excluding carboxylic acids is 3. The maximum atomic E-state index is 13.9. The molecule has 0 spiro atoms. The van der Waals surface area contributed by atoms with Crippen molar-refractivity contribution in [2.45, 2.75) is 191 Å². The highest BCUT2D eigenvalue weighted by Gasteiger charge is 2.61. The summed E-state index contributed by atoms with van der Waals surface area (Å²) in [4.78, 5) is 42.0. The van der Waals surface area contributed by atoms with E-state index in [0.29, 0.717) is 27.9 Å². The molecule has 12 rings (SSSR count). The Hall–Kier alpha value is -10.6. The Balaban J connectivity index is 0.000000197. The topological polar surface area (TPSA) is 585 Å². The van der Waals surface area contributed by atoms with Crippen LogP contribution < -0.4 is 46.0 Å². The molecule has 9 heterocycles. The van der Waals surface area contributed by atoms with Crippen molar-refractivity contribution in [2.75, 3.05) is 56.8 Å². The lowest BCUT2D eigenvalue weighted by Crippen LogP contribution is -2.41. The first-order valence-corrected chi connectivity index (χ1v) is 45.5. The summed E-state index contributed by atoms with van der Waals surface area (Å²) in [7, 11) is -12.9. The molecular weight excluding hydrogens is 1700 g/mol. The number of hydrogen-bond acceptors (Lipinski definition) is 34. The fourth-order valence-corrected chi connectivity index (χ4v) is 18.4. The highest BCUT2D eigenvalue weighted by atomic mass is 31.2. The highest BCUT2D eigenvalue weighted by molar-refractivity contribution is 7.52. The third kappa shape index (κ3) is 22.3. The number of nitrogen functional groups attached to an aromatic ring is 3. The minimum atomic E-state index is -4.32. The van der Waals surface area contributed by atoms with E-state index in [0.717, 1.165) is 38.5 Å². The maximum absolute atomic E-state index is 13.9. The second kappa shape index (κ2) is 43.3. The van der Waals surface area contributed by atoms with Gasteiger partial charge in [0.15, 0.2) is 5.82 Å². The van der Waals surface area contributed by atoms with Crippen molar-refractivity contribution in [1.82, 2.24) is 49.1 Å². The van der Waals surface area contributed by atoms with Gasteiger partial charge in [-0.1, -0.05) is 135 Å². The molecule has 678 valence electrons. The smallest absolute Gasteiger partial charge is 0.459 e. The van der Waals surface area contributed by atoms with Crippen LogP contribution in [0.3, 0.4) is 0 Å². The Morgan fingerprint density at radius 3 is 0.992 bits per heavy atom. The second-order valence-electron chi connectivity index (χ2n) is 30.2. The number of aliphatic hydroxyl groups is 6. The fraction of sp³-hybridized carbons (Fsp3) is 0.470. The van der Waals surface area contributed by atoms with Gasteiger partial charge in [-0.3, -0.25) is 28.0 Å². The van der Waals surface area contributed by atoms with Crippen LogP contribution in [0.15, 0.2) is 158 Å². The summed E-state index contributed by atoms with van der Waals surface area (Å²) in [5.41, 5.74) is 14.2. The van der Waals surface area contributed by atoms with E-state index >= 15 is 0 Å². The number of ether oxygens (including phenoxy) is 6. The summed E-state index contributed by atoms with van der Waals surface area (Å²) in [5.74, 6) is -0.670. The first kappa shape index (κ1) is 97.6. The SMILES string of the molecule is CCC(CC)COC(=O)[C@H](C)NP(=O)(OC[C@H]1O[C@@](C#N)(c2ccc3c(N)ccnn23)[C@H](O)[C@@H]1O)Oc1ccccc1.CCC(CC)COC(=O)[C@H](C)N[P@@](=O)(OC[C@H]1O[C@@](C#N)(c2ccc3c(N)ncnn23)[C@H](O)[C@@H]1O)Oc1ccccc1.CCC(CC)COC(=O)[C@H](C)N[P@](=O)(OC[C@H]1O[C@@](C#N)(c2ccc3c(N)ccnn23)[C@H](O)[C@@H]1O)Oc1ccccc1. The lowest BCUT2D eigenvalue weighted by Gasteiger charge is -2.25. The molecule has 9 aromatic rings. The first-order valence-electron chi connectivity index (χ1n) is 40.9. The summed E-state index contributed by atoms with van der Waals surface area (Å²) in [6.45, 7) is 15.3. The van der Waals surface area contributed by atoms with Gasteiger partial charge >= 0.3 is 41.1 Å². The molecule has 0 radical (unpaired) electrons. The van der Waals surface area contributed by atoms with Crippen molar-refractivity contribution in [3.8, 4) is 35.5 Å². The van der Waals surface area contributed by atoms with Gasteiger partial charge in [0.05, 0.1) is 79.1 Å². The summed E-state index contributed by atoms with van der Waals surface area (Å²) in [6.07, 6.45) is -4.99. The van der Waals surface area contributed by atoms with Crippen LogP contribution in [0.2, 0.25) is 0 Å². The molecule has 0 saturated carbocycles. The van der Waals surface area contributed by atoms with E-state index in [-0.39, 0.29) is 77.7 Å². The van der Waals surface area contributed by atoms with Crippen LogP contribution >= 0.6 is 23.2 Å². The Labute approximate surface area is 726 Å². The molecule has 0 amide bonds. The van der Waals surface area contributed by atoms with Gasteiger partial charge in [0.25, 0.3) is 0 Å². The molecule has 1 unspecified atom stereocenters. The average Bonchev–Trinajstić information content (AvgIpc) is 1.59. The number of para-hydroxylation sites is 3. The van der Waals surface area contributed by atoms with Crippen molar-refractivity contribution >= 4 is 74.9 Å². The molecule has 0 bridgehead atoms. The zero-order chi connectivity index (χ0) is 91.5. The van der Waals surface area contributed by atoms with Crippen molar-refractivity contribution < 1.29 is 114 Å². The number of nitrogens with two attached hydrogens (primary N) is 3. The van der Waals surface area contributed by atoms with Crippen LogP contribution in [0.5, 0.6) is 17.2 Å². The van der Waals surface area contributed by atoms with Gasteiger partial charge in [0.1, 0.15) is 120 Å². The number of nitrogens with zero attached hydrogens (tertiary/aromatic N) is 10. The molecule has 15 N–H and O–H groups in total. The van der Waals surface area contributed by atoms with E-state index in [1.54, 1.807) is 121 Å².